The first-order chi connectivity index (χ1) is 18.5. The summed E-state index contributed by atoms with van der Waals surface area (Å²) in [6.07, 6.45) is 3.69. The van der Waals surface area contributed by atoms with E-state index in [4.69, 9.17) is 15.1 Å². The van der Waals surface area contributed by atoms with E-state index >= 15 is 0 Å². The van der Waals surface area contributed by atoms with Crippen LogP contribution in [-0.4, -0.2) is 62.5 Å². The Hall–Kier alpha value is -3.46. The zero-order valence-corrected chi connectivity index (χ0v) is 22.8. The number of carbonyl (C=O) groups is 1. The van der Waals surface area contributed by atoms with E-state index in [0.717, 1.165) is 77.7 Å². The van der Waals surface area contributed by atoms with Crippen molar-refractivity contribution in [3.8, 4) is 5.69 Å². The minimum atomic E-state index is -0.285. The highest BCUT2D eigenvalue weighted by atomic mass is 32.2. The summed E-state index contributed by atoms with van der Waals surface area (Å²) in [5.41, 5.74) is 2.33. The Bertz CT molecular complexity index is 1390. The first-order valence-electron chi connectivity index (χ1n) is 13.3. The van der Waals surface area contributed by atoms with Crippen LogP contribution in [0, 0.1) is 12.7 Å². The zero-order valence-electron chi connectivity index (χ0n) is 21.9. The summed E-state index contributed by atoms with van der Waals surface area (Å²) in [6, 6.07) is 16.4. The summed E-state index contributed by atoms with van der Waals surface area (Å²) >= 11 is 1.58. The van der Waals surface area contributed by atoms with Gasteiger partial charge in [0.1, 0.15) is 17.5 Å². The number of aromatic nitrogens is 4. The van der Waals surface area contributed by atoms with Gasteiger partial charge in [0.05, 0.1) is 22.5 Å². The SMILES string of the molecule is CCCCc1nc(N2CCCN(C(=O)CSc3ccccc3)CC2)c2c(C)nn(-c3ccc(F)cc3)c2n1. The molecule has 198 valence electrons. The highest BCUT2D eigenvalue weighted by Gasteiger charge is 2.25. The number of rotatable bonds is 8. The summed E-state index contributed by atoms with van der Waals surface area (Å²) in [7, 11) is 0. The molecule has 1 aliphatic heterocycles. The van der Waals surface area contributed by atoms with Gasteiger partial charge >= 0.3 is 0 Å². The predicted molar refractivity (Wildman–Crippen MR) is 151 cm³/mol. The van der Waals surface area contributed by atoms with Gasteiger partial charge in [-0.3, -0.25) is 4.79 Å². The van der Waals surface area contributed by atoms with Crippen molar-refractivity contribution in [1.29, 1.82) is 0 Å². The average Bonchev–Trinajstić information content (AvgIpc) is 3.10. The molecular weight excluding hydrogens is 499 g/mol. The lowest BCUT2D eigenvalue weighted by Gasteiger charge is -2.24. The first-order valence-corrected chi connectivity index (χ1v) is 14.2. The fourth-order valence-electron chi connectivity index (χ4n) is 4.78. The number of fused-ring (bicyclic) bond motifs is 1. The van der Waals surface area contributed by atoms with Crippen LogP contribution in [0.3, 0.4) is 0 Å². The van der Waals surface area contributed by atoms with Gasteiger partial charge in [-0.05, 0) is 56.2 Å². The normalized spacial score (nSPS) is 14.2. The molecule has 1 aliphatic rings. The number of amides is 1. The Balaban J connectivity index is 1.41. The molecule has 1 fully saturated rings. The summed E-state index contributed by atoms with van der Waals surface area (Å²) in [5.74, 6) is 1.98. The van der Waals surface area contributed by atoms with Crippen LogP contribution in [0.1, 0.15) is 37.7 Å². The van der Waals surface area contributed by atoms with E-state index in [1.165, 1.54) is 12.1 Å². The first kappa shape index (κ1) is 26.2. The second-order valence-corrected chi connectivity index (χ2v) is 10.6. The molecule has 4 aromatic rings. The van der Waals surface area contributed by atoms with E-state index in [1.54, 1.807) is 28.6 Å². The third kappa shape index (κ3) is 5.83. The molecule has 0 atom stereocenters. The fourth-order valence-corrected chi connectivity index (χ4v) is 5.60. The Morgan fingerprint density at radius 1 is 1.00 bits per heavy atom. The van der Waals surface area contributed by atoms with Gasteiger partial charge in [-0.1, -0.05) is 31.5 Å². The summed E-state index contributed by atoms with van der Waals surface area (Å²) in [5, 5.41) is 5.70. The van der Waals surface area contributed by atoms with Crippen LogP contribution in [0.2, 0.25) is 0 Å². The molecule has 2 aromatic carbocycles. The lowest BCUT2D eigenvalue weighted by atomic mass is 10.2. The van der Waals surface area contributed by atoms with Crippen molar-refractivity contribution in [2.45, 2.75) is 44.4 Å². The lowest BCUT2D eigenvalue weighted by molar-refractivity contribution is -0.128. The van der Waals surface area contributed by atoms with E-state index in [9.17, 15) is 9.18 Å². The Morgan fingerprint density at radius 2 is 1.79 bits per heavy atom. The molecule has 0 spiro atoms. The number of carbonyl (C=O) groups excluding carboxylic acids is 1. The number of benzene rings is 2. The third-order valence-electron chi connectivity index (χ3n) is 6.81. The second kappa shape index (κ2) is 11.9. The molecule has 0 saturated carbocycles. The Labute approximate surface area is 227 Å². The van der Waals surface area contributed by atoms with Crippen molar-refractivity contribution in [2.75, 3.05) is 36.8 Å². The molecule has 3 heterocycles. The number of unbranched alkanes of at least 4 members (excludes halogenated alkanes) is 1. The number of hydrogen-bond donors (Lipinski definition) is 0. The van der Waals surface area contributed by atoms with Crippen LogP contribution >= 0.6 is 11.8 Å². The molecule has 2 aromatic heterocycles. The highest BCUT2D eigenvalue weighted by molar-refractivity contribution is 8.00. The van der Waals surface area contributed by atoms with Crippen molar-refractivity contribution in [2.24, 2.45) is 0 Å². The number of halogens is 1. The van der Waals surface area contributed by atoms with E-state index in [0.29, 0.717) is 18.8 Å². The standard InChI is InChI=1S/C29H33FN6OS/c1-3-4-11-25-31-28(27-21(2)33-36(29(27)32-25)23-14-12-22(30)13-15-23)35-17-8-16-34(18-19-35)26(37)20-38-24-9-6-5-7-10-24/h5-7,9-10,12-15H,3-4,8,11,16-20H2,1-2H3. The molecule has 1 saturated heterocycles. The third-order valence-corrected chi connectivity index (χ3v) is 7.81. The average molecular weight is 533 g/mol. The second-order valence-electron chi connectivity index (χ2n) is 9.56. The minimum absolute atomic E-state index is 0.164. The molecule has 38 heavy (non-hydrogen) atoms. The number of nitrogens with zero attached hydrogens (tertiary/aromatic N) is 6. The maximum Gasteiger partial charge on any atom is 0.232 e. The maximum atomic E-state index is 13.6. The quantitative estimate of drug-likeness (QED) is 0.282. The van der Waals surface area contributed by atoms with E-state index in [1.807, 2.05) is 42.2 Å². The van der Waals surface area contributed by atoms with Gasteiger partial charge in [-0.25, -0.2) is 19.0 Å². The van der Waals surface area contributed by atoms with Gasteiger partial charge in [0.15, 0.2) is 5.65 Å². The van der Waals surface area contributed by atoms with Crippen molar-refractivity contribution < 1.29 is 9.18 Å². The predicted octanol–water partition coefficient (Wildman–Crippen LogP) is 5.44. The molecule has 7 nitrogen and oxygen atoms in total. The summed E-state index contributed by atoms with van der Waals surface area (Å²) in [4.78, 5) is 28.3. The van der Waals surface area contributed by atoms with Crippen molar-refractivity contribution in [3.05, 3.63) is 71.9 Å². The van der Waals surface area contributed by atoms with Crippen LogP contribution < -0.4 is 4.90 Å². The molecular formula is C29H33FN6OS. The molecule has 0 unspecified atom stereocenters. The van der Waals surface area contributed by atoms with Crippen LogP contribution in [0.15, 0.2) is 59.5 Å². The molecule has 0 radical (unpaired) electrons. The fraction of sp³-hybridized carbons (Fsp3) is 0.379. The number of hydrogen-bond acceptors (Lipinski definition) is 6. The Morgan fingerprint density at radius 3 is 2.55 bits per heavy atom. The van der Waals surface area contributed by atoms with Gasteiger partial charge in [0.25, 0.3) is 0 Å². The van der Waals surface area contributed by atoms with Crippen LogP contribution in [-0.2, 0) is 11.2 Å². The highest BCUT2D eigenvalue weighted by Crippen LogP contribution is 2.30. The van der Waals surface area contributed by atoms with Crippen LogP contribution in [0.5, 0.6) is 0 Å². The van der Waals surface area contributed by atoms with Crippen molar-refractivity contribution in [1.82, 2.24) is 24.6 Å². The van der Waals surface area contributed by atoms with Gasteiger partial charge in [0.2, 0.25) is 5.91 Å². The molecule has 1 amide bonds. The summed E-state index contributed by atoms with van der Waals surface area (Å²) < 4.78 is 15.4. The van der Waals surface area contributed by atoms with E-state index < -0.39 is 0 Å². The van der Waals surface area contributed by atoms with Gasteiger partial charge in [-0.15, -0.1) is 11.8 Å². The molecule has 0 N–H and O–H groups in total. The smallest absolute Gasteiger partial charge is 0.232 e. The minimum Gasteiger partial charge on any atom is -0.354 e. The maximum absolute atomic E-state index is 13.6. The monoisotopic (exact) mass is 532 g/mol. The number of anilines is 1. The molecule has 9 heteroatoms. The zero-order chi connectivity index (χ0) is 26.5. The van der Waals surface area contributed by atoms with Crippen LogP contribution in [0.25, 0.3) is 16.7 Å². The molecule has 0 bridgehead atoms. The lowest BCUT2D eigenvalue weighted by Crippen LogP contribution is -2.36. The van der Waals surface area contributed by atoms with Crippen molar-refractivity contribution in [3.63, 3.8) is 0 Å². The van der Waals surface area contributed by atoms with Gasteiger partial charge in [-0.2, -0.15) is 5.10 Å². The summed E-state index contributed by atoms with van der Waals surface area (Å²) in [6.45, 7) is 7.00. The number of thioether (sulfide) groups is 1. The topological polar surface area (TPSA) is 67.2 Å². The van der Waals surface area contributed by atoms with E-state index in [-0.39, 0.29) is 11.7 Å². The van der Waals surface area contributed by atoms with Crippen LogP contribution in [0.4, 0.5) is 10.2 Å². The largest absolute Gasteiger partial charge is 0.354 e. The van der Waals surface area contributed by atoms with Gasteiger partial charge in [0, 0.05) is 37.5 Å². The number of aryl methyl sites for hydroxylation is 2. The van der Waals surface area contributed by atoms with Crippen molar-refractivity contribution >= 4 is 34.5 Å². The molecule has 5 rings (SSSR count). The van der Waals surface area contributed by atoms with E-state index in [2.05, 4.69) is 11.8 Å². The molecule has 0 aliphatic carbocycles. The van der Waals surface area contributed by atoms with Gasteiger partial charge < -0.3 is 9.80 Å². The Kier molecular flexibility index (Phi) is 8.22.